The first kappa shape index (κ1) is 12.4. The van der Waals surface area contributed by atoms with E-state index in [0.29, 0.717) is 6.07 Å². The number of aromatic carboxylic acids is 1. The molecular formula is C7H3BrF2N2O4. The van der Waals surface area contributed by atoms with E-state index in [2.05, 4.69) is 20.9 Å². The molecule has 1 rings (SSSR count). The van der Waals surface area contributed by atoms with Crippen molar-refractivity contribution in [2.45, 2.75) is 6.43 Å². The third-order valence-corrected chi connectivity index (χ3v) is 2.17. The fourth-order valence-corrected chi connectivity index (χ4v) is 1.55. The van der Waals surface area contributed by atoms with E-state index >= 15 is 0 Å². The van der Waals surface area contributed by atoms with Crippen molar-refractivity contribution in [1.29, 1.82) is 0 Å². The van der Waals surface area contributed by atoms with Crippen molar-refractivity contribution in [2.24, 2.45) is 0 Å². The minimum atomic E-state index is -3.15. The van der Waals surface area contributed by atoms with Crippen molar-refractivity contribution in [1.82, 2.24) is 4.98 Å². The van der Waals surface area contributed by atoms with E-state index < -0.39 is 38.9 Å². The summed E-state index contributed by atoms with van der Waals surface area (Å²) in [5, 5.41) is 19.0. The second kappa shape index (κ2) is 4.47. The summed E-state index contributed by atoms with van der Waals surface area (Å²) in [7, 11) is 0. The highest BCUT2D eigenvalue weighted by atomic mass is 79.9. The van der Waals surface area contributed by atoms with E-state index in [1.54, 1.807) is 0 Å². The Morgan fingerprint density at radius 2 is 2.19 bits per heavy atom. The van der Waals surface area contributed by atoms with Gasteiger partial charge in [-0.05, 0) is 22.0 Å². The number of carboxylic acid groups (broad SMARTS) is 1. The lowest BCUT2D eigenvalue weighted by atomic mass is 10.2. The zero-order valence-corrected chi connectivity index (χ0v) is 8.94. The summed E-state index contributed by atoms with van der Waals surface area (Å²) in [5.74, 6) is -1.54. The second-order valence-corrected chi connectivity index (χ2v) is 3.35. The molecule has 0 bridgehead atoms. The van der Waals surface area contributed by atoms with Gasteiger partial charge in [-0.1, -0.05) is 0 Å². The molecule has 1 N–H and O–H groups in total. The Morgan fingerprint density at radius 3 is 2.56 bits per heavy atom. The van der Waals surface area contributed by atoms with Crippen LogP contribution in [0.2, 0.25) is 0 Å². The minimum Gasteiger partial charge on any atom is -0.477 e. The summed E-state index contributed by atoms with van der Waals surface area (Å²) in [4.78, 5) is 23.2. The SMILES string of the molecule is O=C(O)c1cc(C(F)F)c([N+](=O)[O-])c(Br)n1. The van der Waals surface area contributed by atoms with Crippen LogP contribution in [0.3, 0.4) is 0 Å². The summed E-state index contributed by atoms with van der Waals surface area (Å²) in [6, 6.07) is 0.482. The quantitative estimate of drug-likeness (QED) is 0.525. The number of rotatable bonds is 3. The van der Waals surface area contributed by atoms with Crippen LogP contribution < -0.4 is 0 Å². The molecule has 1 aromatic heterocycles. The van der Waals surface area contributed by atoms with Gasteiger partial charge >= 0.3 is 11.7 Å². The van der Waals surface area contributed by atoms with Crippen molar-refractivity contribution in [3.05, 3.63) is 32.0 Å². The van der Waals surface area contributed by atoms with Crippen LogP contribution >= 0.6 is 15.9 Å². The van der Waals surface area contributed by atoms with Gasteiger partial charge in [0.1, 0.15) is 5.56 Å². The molecule has 0 aromatic carbocycles. The van der Waals surface area contributed by atoms with Crippen molar-refractivity contribution >= 4 is 27.6 Å². The standard InChI is InChI=1S/C7H3BrF2N2O4/c8-5-4(12(15)16)2(6(9)10)1-3(11-5)7(13)14/h1,6H,(H,13,14). The van der Waals surface area contributed by atoms with Gasteiger partial charge in [0.05, 0.1) is 4.92 Å². The summed E-state index contributed by atoms with van der Waals surface area (Å²) >= 11 is 2.59. The summed E-state index contributed by atoms with van der Waals surface area (Å²) < 4.78 is 24.4. The number of carbonyl (C=O) groups is 1. The van der Waals surface area contributed by atoms with Crippen molar-refractivity contribution in [2.75, 3.05) is 0 Å². The number of nitro groups is 1. The number of carboxylic acids is 1. The molecule has 0 fully saturated rings. The molecule has 0 amide bonds. The number of hydrogen-bond acceptors (Lipinski definition) is 4. The average molecular weight is 297 g/mol. The molecule has 6 nitrogen and oxygen atoms in total. The lowest BCUT2D eigenvalue weighted by Gasteiger charge is -2.04. The van der Waals surface area contributed by atoms with Crippen LogP contribution in [0.1, 0.15) is 22.5 Å². The van der Waals surface area contributed by atoms with Gasteiger partial charge < -0.3 is 5.11 Å². The third-order valence-electron chi connectivity index (χ3n) is 1.62. The van der Waals surface area contributed by atoms with Crippen molar-refractivity contribution in [3.8, 4) is 0 Å². The molecule has 0 radical (unpaired) electrons. The molecule has 0 aliphatic carbocycles. The third kappa shape index (κ3) is 2.30. The first-order chi connectivity index (χ1) is 7.34. The van der Waals surface area contributed by atoms with E-state index in [0.717, 1.165) is 0 Å². The van der Waals surface area contributed by atoms with Crippen LogP contribution in [0.5, 0.6) is 0 Å². The molecule has 0 saturated heterocycles. The summed E-state index contributed by atoms with van der Waals surface area (Å²) in [6.07, 6.45) is -3.15. The monoisotopic (exact) mass is 296 g/mol. The Labute approximate surface area is 95.2 Å². The Kier molecular flexibility index (Phi) is 3.48. The van der Waals surface area contributed by atoms with Crippen molar-refractivity contribution in [3.63, 3.8) is 0 Å². The molecule has 9 heteroatoms. The fourth-order valence-electron chi connectivity index (χ4n) is 0.982. The molecule has 0 spiro atoms. The van der Waals surface area contributed by atoms with Gasteiger partial charge in [0.25, 0.3) is 6.43 Å². The minimum absolute atomic E-state index is 0.482. The maximum absolute atomic E-state index is 12.5. The van der Waals surface area contributed by atoms with Gasteiger partial charge in [-0.25, -0.2) is 18.6 Å². The highest BCUT2D eigenvalue weighted by Gasteiger charge is 2.28. The second-order valence-electron chi connectivity index (χ2n) is 2.60. The molecular weight excluding hydrogens is 294 g/mol. The zero-order valence-electron chi connectivity index (χ0n) is 7.35. The molecule has 0 saturated carbocycles. The average Bonchev–Trinajstić information content (AvgIpc) is 2.15. The van der Waals surface area contributed by atoms with Crippen LogP contribution in [0.15, 0.2) is 10.7 Å². The summed E-state index contributed by atoms with van der Waals surface area (Å²) in [5.41, 5.74) is -2.60. The number of hydrogen-bond donors (Lipinski definition) is 1. The maximum atomic E-state index is 12.5. The van der Waals surface area contributed by atoms with Gasteiger partial charge in [0, 0.05) is 0 Å². The fraction of sp³-hybridized carbons (Fsp3) is 0.143. The van der Waals surface area contributed by atoms with Crippen molar-refractivity contribution < 1.29 is 23.6 Å². The number of nitrogens with zero attached hydrogens (tertiary/aromatic N) is 2. The number of halogens is 3. The van der Waals surface area contributed by atoms with E-state index in [-0.39, 0.29) is 0 Å². The summed E-state index contributed by atoms with van der Waals surface area (Å²) in [6.45, 7) is 0. The maximum Gasteiger partial charge on any atom is 0.354 e. The van der Waals surface area contributed by atoms with Gasteiger partial charge in [-0.2, -0.15) is 0 Å². The van der Waals surface area contributed by atoms with E-state index in [1.165, 1.54) is 0 Å². The normalized spacial score (nSPS) is 10.5. The molecule has 86 valence electrons. The van der Waals surface area contributed by atoms with Crippen LogP contribution in [-0.4, -0.2) is 21.0 Å². The molecule has 0 aliphatic rings. The van der Waals surface area contributed by atoms with Gasteiger partial charge in [-0.3, -0.25) is 10.1 Å². The Bertz CT molecular complexity index is 466. The molecule has 16 heavy (non-hydrogen) atoms. The predicted octanol–water partition coefficient (Wildman–Crippen LogP) is 2.39. The van der Waals surface area contributed by atoms with Crippen LogP contribution in [0.25, 0.3) is 0 Å². The lowest BCUT2D eigenvalue weighted by Crippen LogP contribution is -2.06. The van der Waals surface area contributed by atoms with E-state index in [4.69, 9.17) is 5.11 Å². The first-order valence-corrected chi connectivity index (χ1v) is 4.50. The molecule has 0 unspecified atom stereocenters. The largest absolute Gasteiger partial charge is 0.477 e. The van der Waals surface area contributed by atoms with Crippen LogP contribution in [0.4, 0.5) is 14.5 Å². The number of pyridine rings is 1. The highest BCUT2D eigenvalue weighted by molar-refractivity contribution is 9.10. The number of alkyl halides is 2. The molecule has 0 aliphatic heterocycles. The predicted molar refractivity (Wildman–Crippen MR) is 50.5 cm³/mol. The Hall–Kier alpha value is -1.64. The van der Waals surface area contributed by atoms with E-state index in [9.17, 15) is 23.7 Å². The van der Waals surface area contributed by atoms with Gasteiger partial charge in [0.15, 0.2) is 10.3 Å². The van der Waals surface area contributed by atoms with Gasteiger partial charge in [-0.15, -0.1) is 0 Å². The highest BCUT2D eigenvalue weighted by Crippen LogP contribution is 2.34. The van der Waals surface area contributed by atoms with Crippen LogP contribution in [-0.2, 0) is 0 Å². The van der Waals surface area contributed by atoms with E-state index in [1.807, 2.05) is 0 Å². The topological polar surface area (TPSA) is 93.3 Å². The van der Waals surface area contributed by atoms with Gasteiger partial charge in [0.2, 0.25) is 0 Å². The zero-order chi connectivity index (χ0) is 12.5. The molecule has 1 heterocycles. The molecule has 1 aromatic rings. The van der Waals surface area contributed by atoms with Crippen LogP contribution in [0, 0.1) is 10.1 Å². The number of aromatic nitrogens is 1. The lowest BCUT2D eigenvalue weighted by molar-refractivity contribution is -0.387. The smallest absolute Gasteiger partial charge is 0.354 e. The molecule has 0 atom stereocenters. The Balaban J connectivity index is 3.51. The first-order valence-electron chi connectivity index (χ1n) is 3.71. The Morgan fingerprint density at radius 1 is 1.62 bits per heavy atom.